The number of carbonyl (C=O) groups is 1. The van der Waals surface area contributed by atoms with Gasteiger partial charge in [0.1, 0.15) is 30.2 Å². The number of rotatable bonds is 10. The van der Waals surface area contributed by atoms with Crippen molar-refractivity contribution in [1.29, 1.82) is 0 Å². The molecule has 242 valence electrons. The maximum absolute atomic E-state index is 13.6. The molecule has 0 aromatic heterocycles. The molecule has 0 amide bonds. The molecule has 12 nitrogen and oxygen atoms in total. The van der Waals surface area contributed by atoms with Crippen LogP contribution in [0.3, 0.4) is 0 Å². The number of benzene rings is 3. The van der Waals surface area contributed by atoms with Gasteiger partial charge in [0.2, 0.25) is 13.1 Å². The largest absolute Gasteiger partial charge is 0.493 e. The standard InChI is InChI=1S/C33H38O12/c1-16(35)26-20(14-36-4)28(43-32-31(39-7)30-29(25(13-34)42-32)44-33(2,3)45-30)19-12-23(38-6)22(37-5)11-18(19)27(26)17-8-9-21-24(10-17)41-15-40-21/h8-12,25,29-32,34H,13-15H2,1-7H3. The third-order valence-electron chi connectivity index (χ3n) is 8.28. The van der Waals surface area contributed by atoms with Gasteiger partial charge in [-0.15, -0.1) is 0 Å². The summed E-state index contributed by atoms with van der Waals surface area (Å²) in [6.07, 6.45) is -3.77. The Morgan fingerprint density at radius 1 is 0.956 bits per heavy atom. The van der Waals surface area contributed by atoms with Gasteiger partial charge in [-0.1, -0.05) is 6.07 Å². The van der Waals surface area contributed by atoms with Crippen molar-refractivity contribution in [3.05, 3.63) is 41.5 Å². The second kappa shape index (κ2) is 12.3. The van der Waals surface area contributed by atoms with Crippen molar-refractivity contribution >= 4 is 16.6 Å². The van der Waals surface area contributed by atoms with Crippen molar-refractivity contribution in [2.24, 2.45) is 0 Å². The number of hydrogen-bond acceptors (Lipinski definition) is 12. The Bertz CT molecular complexity index is 1600. The monoisotopic (exact) mass is 626 g/mol. The Morgan fingerprint density at radius 3 is 2.29 bits per heavy atom. The molecule has 12 heteroatoms. The molecule has 6 rings (SSSR count). The highest BCUT2D eigenvalue weighted by Gasteiger charge is 2.56. The molecule has 0 saturated carbocycles. The van der Waals surface area contributed by atoms with E-state index < -0.39 is 36.5 Å². The van der Waals surface area contributed by atoms with E-state index in [0.29, 0.717) is 56.2 Å². The van der Waals surface area contributed by atoms with Crippen molar-refractivity contribution in [1.82, 2.24) is 0 Å². The molecule has 0 aliphatic carbocycles. The third-order valence-corrected chi connectivity index (χ3v) is 8.28. The maximum Gasteiger partial charge on any atom is 0.231 e. The smallest absolute Gasteiger partial charge is 0.231 e. The van der Waals surface area contributed by atoms with Crippen LogP contribution in [0.1, 0.15) is 36.7 Å². The number of hydrogen-bond donors (Lipinski definition) is 1. The molecule has 3 aliphatic rings. The van der Waals surface area contributed by atoms with Crippen molar-refractivity contribution in [3.63, 3.8) is 0 Å². The molecule has 3 aromatic rings. The van der Waals surface area contributed by atoms with E-state index in [1.165, 1.54) is 14.0 Å². The highest BCUT2D eigenvalue weighted by Crippen LogP contribution is 2.49. The normalized spacial score (nSPS) is 24.8. The van der Waals surface area contributed by atoms with Gasteiger partial charge in [-0.05, 0) is 56.0 Å². The molecule has 5 unspecified atom stereocenters. The van der Waals surface area contributed by atoms with Gasteiger partial charge in [-0.25, -0.2) is 0 Å². The number of aliphatic hydroxyl groups excluding tert-OH is 1. The van der Waals surface area contributed by atoms with E-state index in [0.717, 1.165) is 5.56 Å². The molecule has 3 aliphatic heterocycles. The fourth-order valence-corrected chi connectivity index (χ4v) is 6.44. The van der Waals surface area contributed by atoms with Crippen molar-refractivity contribution < 1.29 is 57.3 Å². The second-order valence-electron chi connectivity index (χ2n) is 11.5. The Labute approximate surface area is 260 Å². The summed E-state index contributed by atoms with van der Waals surface area (Å²) < 4.78 is 59.4. The summed E-state index contributed by atoms with van der Waals surface area (Å²) in [5.74, 6) is 1.26. The Hall–Kier alpha value is -3.65. The van der Waals surface area contributed by atoms with E-state index in [4.69, 9.17) is 47.4 Å². The maximum atomic E-state index is 13.6. The predicted molar refractivity (Wildman–Crippen MR) is 160 cm³/mol. The average molecular weight is 627 g/mol. The average Bonchev–Trinajstić information content (AvgIpc) is 3.63. The molecule has 3 heterocycles. The fourth-order valence-electron chi connectivity index (χ4n) is 6.44. The van der Waals surface area contributed by atoms with Gasteiger partial charge in [0.05, 0.1) is 27.4 Å². The van der Waals surface area contributed by atoms with Crippen LogP contribution in [-0.4, -0.2) is 89.2 Å². The molecule has 1 N–H and O–H groups in total. The minimum Gasteiger partial charge on any atom is -0.493 e. The molecule has 45 heavy (non-hydrogen) atoms. The van der Waals surface area contributed by atoms with Gasteiger partial charge in [-0.3, -0.25) is 4.79 Å². The van der Waals surface area contributed by atoms with Gasteiger partial charge in [0, 0.05) is 36.3 Å². The van der Waals surface area contributed by atoms with Gasteiger partial charge >= 0.3 is 0 Å². The van der Waals surface area contributed by atoms with Crippen LogP contribution < -0.4 is 23.7 Å². The molecule has 5 atom stereocenters. The van der Waals surface area contributed by atoms with Gasteiger partial charge < -0.3 is 52.5 Å². The van der Waals surface area contributed by atoms with E-state index in [1.807, 2.05) is 24.3 Å². The summed E-state index contributed by atoms with van der Waals surface area (Å²) in [7, 11) is 6.16. The minimum absolute atomic E-state index is 0.0264. The lowest BCUT2D eigenvalue weighted by atomic mass is 9.86. The number of methoxy groups -OCH3 is 4. The van der Waals surface area contributed by atoms with Crippen LogP contribution in [0, 0.1) is 0 Å². The van der Waals surface area contributed by atoms with E-state index >= 15 is 0 Å². The summed E-state index contributed by atoms with van der Waals surface area (Å²) in [5.41, 5.74) is 2.22. The van der Waals surface area contributed by atoms with Crippen LogP contribution >= 0.6 is 0 Å². The zero-order valence-corrected chi connectivity index (χ0v) is 26.3. The van der Waals surface area contributed by atoms with E-state index in [1.54, 1.807) is 41.2 Å². The van der Waals surface area contributed by atoms with Crippen LogP contribution in [0.25, 0.3) is 21.9 Å². The number of Topliss-reactive ketones (excluding diaryl/α,β-unsaturated/α-hetero) is 1. The van der Waals surface area contributed by atoms with E-state index in [2.05, 4.69) is 0 Å². The zero-order valence-electron chi connectivity index (χ0n) is 26.3. The second-order valence-corrected chi connectivity index (χ2v) is 11.5. The Morgan fingerprint density at radius 2 is 1.64 bits per heavy atom. The summed E-state index contributed by atoms with van der Waals surface area (Å²) >= 11 is 0. The predicted octanol–water partition coefficient (Wildman–Crippen LogP) is 4.23. The first-order valence-corrected chi connectivity index (χ1v) is 14.6. The van der Waals surface area contributed by atoms with Crippen LogP contribution in [-0.2, 0) is 30.3 Å². The van der Waals surface area contributed by atoms with Crippen LogP contribution in [0.15, 0.2) is 30.3 Å². The quantitative estimate of drug-likeness (QED) is 0.323. The van der Waals surface area contributed by atoms with Gasteiger partial charge in [0.25, 0.3) is 0 Å². The fraction of sp³-hybridized carbons (Fsp3) is 0.485. The SMILES string of the molecule is COCc1c(C(C)=O)c(-c2ccc3c(c2)OCO3)c2cc(OC)c(OC)cc2c1OC1OC(CO)C2OC(C)(C)OC2C1OC. The zero-order chi connectivity index (χ0) is 32.0. The first-order valence-electron chi connectivity index (χ1n) is 14.6. The summed E-state index contributed by atoms with van der Waals surface area (Å²) in [6.45, 7) is 4.87. The van der Waals surface area contributed by atoms with Crippen molar-refractivity contribution in [2.75, 3.05) is 41.8 Å². The summed E-state index contributed by atoms with van der Waals surface area (Å²) in [5, 5.41) is 11.5. The highest BCUT2D eigenvalue weighted by molar-refractivity contribution is 6.14. The van der Waals surface area contributed by atoms with Crippen molar-refractivity contribution in [3.8, 4) is 39.9 Å². The molecular formula is C33H38O12. The third kappa shape index (κ3) is 5.45. The topological polar surface area (TPSA) is 130 Å². The molecule has 2 saturated heterocycles. The van der Waals surface area contributed by atoms with E-state index in [9.17, 15) is 9.90 Å². The lowest BCUT2D eigenvalue weighted by molar-refractivity contribution is -0.260. The molecule has 0 spiro atoms. The summed E-state index contributed by atoms with van der Waals surface area (Å²) in [6, 6.07) is 9.12. The van der Waals surface area contributed by atoms with Gasteiger partial charge in [0.15, 0.2) is 34.6 Å². The van der Waals surface area contributed by atoms with Crippen LogP contribution in [0.5, 0.6) is 28.7 Å². The number of fused-ring (bicyclic) bond motifs is 3. The summed E-state index contributed by atoms with van der Waals surface area (Å²) in [4.78, 5) is 13.6. The Kier molecular flexibility index (Phi) is 8.55. The molecule has 0 bridgehead atoms. The molecule has 3 aromatic carbocycles. The van der Waals surface area contributed by atoms with Crippen molar-refractivity contribution in [2.45, 2.75) is 63.9 Å². The lowest BCUT2D eigenvalue weighted by Gasteiger charge is -2.41. The minimum atomic E-state index is -1.06. The van der Waals surface area contributed by atoms with Crippen LogP contribution in [0.4, 0.5) is 0 Å². The number of aliphatic hydroxyl groups is 1. The number of ketones is 1. The van der Waals surface area contributed by atoms with Crippen LogP contribution in [0.2, 0.25) is 0 Å². The number of ether oxygens (including phenoxy) is 10. The molecular weight excluding hydrogens is 588 g/mol. The Balaban J connectivity index is 1.60. The number of carbonyl (C=O) groups excluding carboxylic acids is 1. The lowest BCUT2D eigenvalue weighted by Crippen LogP contribution is -2.59. The highest BCUT2D eigenvalue weighted by atomic mass is 16.8. The first-order chi connectivity index (χ1) is 21.6. The van der Waals surface area contributed by atoms with E-state index in [-0.39, 0.29) is 25.8 Å². The first kappa shape index (κ1) is 31.3. The molecule has 2 fully saturated rings. The molecule has 0 radical (unpaired) electrons. The van der Waals surface area contributed by atoms with Gasteiger partial charge in [-0.2, -0.15) is 0 Å².